The van der Waals surface area contributed by atoms with Crippen LogP contribution in [0.5, 0.6) is 0 Å². The summed E-state index contributed by atoms with van der Waals surface area (Å²) in [6, 6.07) is 3.84. The molecule has 0 spiro atoms. The molecule has 3 nitrogen and oxygen atoms in total. The molecule has 18 heavy (non-hydrogen) atoms. The van der Waals surface area contributed by atoms with E-state index in [1.54, 1.807) is 0 Å². The van der Waals surface area contributed by atoms with Crippen molar-refractivity contribution in [1.82, 2.24) is 0 Å². The van der Waals surface area contributed by atoms with E-state index in [1.165, 1.54) is 0 Å². The average Bonchev–Trinajstić information content (AvgIpc) is 2.22. The molecule has 0 saturated carbocycles. The quantitative estimate of drug-likeness (QED) is 0.881. The number of benzene rings is 1. The molecular weight excluding hydrogens is 248 g/mol. The first-order chi connectivity index (χ1) is 8.27. The van der Waals surface area contributed by atoms with Gasteiger partial charge in [-0.15, -0.1) is 0 Å². The van der Waals surface area contributed by atoms with Gasteiger partial charge in [-0.2, -0.15) is 0 Å². The van der Waals surface area contributed by atoms with Gasteiger partial charge >= 0.3 is 0 Å². The SMILES string of the molecule is Cc1cc(C)c(NC(=O)C(C)(C)CCN)c(Cl)c1. The topological polar surface area (TPSA) is 55.1 Å². The van der Waals surface area contributed by atoms with E-state index in [2.05, 4.69) is 5.32 Å². The van der Waals surface area contributed by atoms with Gasteiger partial charge in [0.25, 0.3) is 0 Å². The Balaban J connectivity index is 2.95. The smallest absolute Gasteiger partial charge is 0.230 e. The number of carbonyl (C=O) groups excluding carboxylic acids is 1. The minimum atomic E-state index is -0.491. The van der Waals surface area contributed by atoms with Gasteiger partial charge in [0.1, 0.15) is 0 Å². The monoisotopic (exact) mass is 268 g/mol. The normalized spacial score (nSPS) is 11.4. The summed E-state index contributed by atoms with van der Waals surface area (Å²) in [6.07, 6.45) is 0.640. The molecule has 1 rings (SSSR count). The van der Waals surface area contributed by atoms with Crippen molar-refractivity contribution < 1.29 is 4.79 Å². The molecule has 100 valence electrons. The summed E-state index contributed by atoms with van der Waals surface area (Å²) >= 11 is 6.17. The second-order valence-corrected chi connectivity index (χ2v) is 5.72. The maximum atomic E-state index is 12.2. The Hall–Kier alpha value is -1.06. The number of amides is 1. The fourth-order valence-corrected chi connectivity index (χ4v) is 2.20. The van der Waals surface area contributed by atoms with Crippen molar-refractivity contribution in [3.05, 3.63) is 28.3 Å². The molecule has 0 aromatic heterocycles. The second-order valence-electron chi connectivity index (χ2n) is 5.32. The average molecular weight is 269 g/mol. The number of hydrogen-bond donors (Lipinski definition) is 2. The highest BCUT2D eigenvalue weighted by Gasteiger charge is 2.27. The van der Waals surface area contributed by atoms with Crippen LogP contribution in [0.2, 0.25) is 5.02 Å². The van der Waals surface area contributed by atoms with Gasteiger partial charge in [-0.05, 0) is 44.0 Å². The van der Waals surface area contributed by atoms with Gasteiger partial charge in [0, 0.05) is 5.41 Å². The highest BCUT2D eigenvalue weighted by molar-refractivity contribution is 6.34. The van der Waals surface area contributed by atoms with Crippen molar-refractivity contribution >= 4 is 23.2 Å². The zero-order chi connectivity index (χ0) is 13.9. The van der Waals surface area contributed by atoms with Crippen LogP contribution in [0.25, 0.3) is 0 Å². The zero-order valence-electron chi connectivity index (χ0n) is 11.4. The summed E-state index contributed by atoms with van der Waals surface area (Å²) in [4.78, 5) is 12.2. The Morgan fingerprint density at radius 3 is 2.50 bits per heavy atom. The molecule has 0 aliphatic heterocycles. The van der Waals surface area contributed by atoms with Gasteiger partial charge in [-0.25, -0.2) is 0 Å². The Kier molecular flexibility index (Phi) is 4.77. The highest BCUT2D eigenvalue weighted by Crippen LogP contribution is 2.30. The van der Waals surface area contributed by atoms with E-state index in [1.807, 2.05) is 39.8 Å². The van der Waals surface area contributed by atoms with Crippen molar-refractivity contribution in [3.63, 3.8) is 0 Å². The van der Waals surface area contributed by atoms with Crippen LogP contribution < -0.4 is 11.1 Å². The molecule has 1 aromatic rings. The van der Waals surface area contributed by atoms with Gasteiger partial charge in [0.05, 0.1) is 10.7 Å². The number of anilines is 1. The molecule has 3 N–H and O–H groups in total. The number of rotatable bonds is 4. The van der Waals surface area contributed by atoms with E-state index in [0.29, 0.717) is 23.7 Å². The fraction of sp³-hybridized carbons (Fsp3) is 0.500. The number of carbonyl (C=O) groups is 1. The molecule has 1 amide bonds. The van der Waals surface area contributed by atoms with Crippen LogP contribution >= 0.6 is 11.6 Å². The number of aryl methyl sites for hydroxylation is 2. The molecular formula is C14H21ClN2O. The lowest BCUT2D eigenvalue weighted by Gasteiger charge is -2.23. The van der Waals surface area contributed by atoms with Crippen LogP contribution in [0.4, 0.5) is 5.69 Å². The van der Waals surface area contributed by atoms with E-state index >= 15 is 0 Å². The molecule has 0 fully saturated rings. The summed E-state index contributed by atoms with van der Waals surface area (Å²) in [5, 5.41) is 3.48. The maximum absolute atomic E-state index is 12.2. The van der Waals surface area contributed by atoms with Gasteiger partial charge < -0.3 is 11.1 Å². The Bertz CT molecular complexity index is 432. The van der Waals surface area contributed by atoms with Crippen molar-refractivity contribution in [3.8, 4) is 0 Å². The van der Waals surface area contributed by atoms with Crippen LogP contribution in [0.3, 0.4) is 0 Å². The van der Waals surface area contributed by atoms with E-state index in [-0.39, 0.29) is 5.91 Å². The maximum Gasteiger partial charge on any atom is 0.230 e. The Morgan fingerprint density at radius 1 is 1.39 bits per heavy atom. The summed E-state index contributed by atoms with van der Waals surface area (Å²) in [5.41, 5.74) is 7.77. The van der Waals surface area contributed by atoms with E-state index < -0.39 is 5.41 Å². The first-order valence-electron chi connectivity index (χ1n) is 6.06. The third kappa shape index (κ3) is 3.47. The largest absolute Gasteiger partial charge is 0.330 e. The van der Waals surface area contributed by atoms with Gasteiger partial charge in [-0.1, -0.05) is 31.5 Å². The third-order valence-corrected chi connectivity index (χ3v) is 3.35. The van der Waals surface area contributed by atoms with E-state index in [0.717, 1.165) is 11.1 Å². The number of halogens is 1. The second kappa shape index (κ2) is 5.72. The fourth-order valence-electron chi connectivity index (χ4n) is 1.83. The van der Waals surface area contributed by atoms with Crippen LogP contribution in [0.15, 0.2) is 12.1 Å². The lowest BCUT2D eigenvalue weighted by atomic mass is 9.88. The van der Waals surface area contributed by atoms with Crippen LogP contribution in [-0.2, 0) is 4.79 Å². The van der Waals surface area contributed by atoms with Crippen molar-refractivity contribution in [2.75, 3.05) is 11.9 Å². The predicted molar refractivity (Wildman–Crippen MR) is 77.0 cm³/mol. The number of hydrogen-bond acceptors (Lipinski definition) is 2. The number of nitrogens with two attached hydrogens (primary N) is 1. The minimum absolute atomic E-state index is 0.0539. The Morgan fingerprint density at radius 2 is 2.00 bits per heavy atom. The molecule has 4 heteroatoms. The molecule has 1 aromatic carbocycles. The standard InChI is InChI=1S/C14H21ClN2O/c1-9-7-10(2)12(11(15)8-9)17-13(18)14(3,4)5-6-16/h7-8H,5-6,16H2,1-4H3,(H,17,18). The lowest BCUT2D eigenvalue weighted by molar-refractivity contribution is -0.124. The van der Waals surface area contributed by atoms with Gasteiger partial charge in [-0.3, -0.25) is 4.79 Å². The molecule has 0 atom stereocenters. The van der Waals surface area contributed by atoms with Crippen LogP contribution in [0.1, 0.15) is 31.4 Å². The highest BCUT2D eigenvalue weighted by atomic mass is 35.5. The first-order valence-corrected chi connectivity index (χ1v) is 6.44. The first kappa shape index (κ1) is 15.0. The van der Waals surface area contributed by atoms with Crippen molar-refractivity contribution in [1.29, 1.82) is 0 Å². The zero-order valence-corrected chi connectivity index (χ0v) is 12.2. The molecule has 0 aliphatic rings. The predicted octanol–water partition coefficient (Wildman–Crippen LogP) is 3.27. The summed E-state index contributed by atoms with van der Waals surface area (Å²) in [5.74, 6) is -0.0539. The molecule has 0 unspecified atom stereocenters. The molecule has 0 radical (unpaired) electrons. The number of nitrogens with one attached hydrogen (secondary N) is 1. The minimum Gasteiger partial charge on any atom is -0.330 e. The van der Waals surface area contributed by atoms with Gasteiger partial charge in [0.2, 0.25) is 5.91 Å². The lowest BCUT2D eigenvalue weighted by Crippen LogP contribution is -2.33. The van der Waals surface area contributed by atoms with Crippen LogP contribution in [-0.4, -0.2) is 12.5 Å². The molecule has 0 aliphatic carbocycles. The summed E-state index contributed by atoms with van der Waals surface area (Å²) < 4.78 is 0. The van der Waals surface area contributed by atoms with E-state index in [9.17, 15) is 4.79 Å². The molecule has 0 saturated heterocycles. The van der Waals surface area contributed by atoms with Gasteiger partial charge in [0.15, 0.2) is 0 Å². The van der Waals surface area contributed by atoms with Crippen LogP contribution in [0, 0.1) is 19.3 Å². The molecule has 0 heterocycles. The summed E-state index contributed by atoms with van der Waals surface area (Å²) in [6.45, 7) is 8.16. The third-order valence-electron chi connectivity index (χ3n) is 3.05. The Labute approximate surface area is 114 Å². The van der Waals surface area contributed by atoms with E-state index in [4.69, 9.17) is 17.3 Å². The van der Waals surface area contributed by atoms with Crippen molar-refractivity contribution in [2.24, 2.45) is 11.1 Å². The summed E-state index contributed by atoms with van der Waals surface area (Å²) in [7, 11) is 0. The van der Waals surface area contributed by atoms with Crippen molar-refractivity contribution in [2.45, 2.75) is 34.1 Å². The molecule has 0 bridgehead atoms.